The van der Waals surface area contributed by atoms with Crippen LogP contribution in [0.3, 0.4) is 0 Å². The number of aromatic amines is 1. The van der Waals surface area contributed by atoms with Gasteiger partial charge in [-0.15, -0.1) is 0 Å². The van der Waals surface area contributed by atoms with E-state index < -0.39 is 0 Å². The van der Waals surface area contributed by atoms with Gasteiger partial charge in [0, 0.05) is 16.6 Å². The van der Waals surface area contributed by atoms with E-state index in [1.165, 1.54) is 0 Å². The number of carbonyl (C=O) groups excluding carboxylic acids is 2. The van der Waals surface area contributed by atoms with Gasteiger partial charge in [0.05, 0.1) is 36.2 Å². The molecule has 2 heterocycles. The number of amides is 2. The molecule has 2 aromatic carbocycles. The Hall–Kier alpha value is -3.87. The number of aromatic nitrogens is 3. The van der Waals surface area contributed by atoms with Gasteiger partial charge < -0.3 is 15.6 Å². The Morgan fingerprint density at radius 2 is 1.73 bits per heavy atom. The molecule has 0 bridgehead atoms. The predicted molar refractivity (Wildman–Crippen MR) is 117 cm³/mol. The van der Waals surface area contributed by atoms with Crippen molar-refractivity contribution in [2.45, 2.75) is 20.3 Å². The van der Waals surface area contributed by atoms with Crippen molar-refractivity contribution in [2.24, 2.45) is 0 Å². The van der Waals surface area contributed by atoms with Crippen LogP contribution in [0, 0.1) is 13.8 Å². The van der Waals surface area contributed by atoms with E-state index in [9.17, 15) is 9.59 Å². The maximum Gasteiger partial charge on any atom is 0.243 e. The van der Waals surface area contributed by atoms with Gasteiger partial charge >= 0.3 is 0 Å². The van der Waals surface area contributed by atoms with Crippen LogP contribution in [0.5, 0.6) is 0 Å². The quantitative estimate of drug-likeness (QED) is 0.463. The minimum atomic E-state index is -0.297. The average Bonchev–Trinajstić information content (AvgIpc) is 3.27. The fourth-order valence-electron chi connectivity index (χ4n) is 3.45. The van der Waals surface area contributed by atoms with E-state index in [2.05, 4.69) is 20.7 Å². The molecule has 3 N–H and O–H groups in total. The number of para-hydroxylation sites is 2. The molecule has 7 heteroatoms. The summed E-state index contributed by atoms with van der Waals surface area (Å²) in [7, 11) is 0. The molecule has 30 heavy (non-hydrogen) atoms. The Morgan fingerprint density at radius 1 is 1.00 bits per heavy atom. The normalized spacial score (nSPS) is 10.9. The topological polar surface area (TPSA) is 91.8 Å². The van der Waals surface area contributed by atoms with Crippen LogP contribution >= 0.6 is 0 Å². The summed E-state index contributed by atoms with van der Waals surface area (Å²) in [5, 5.41) is 11.0. The summed E-state index contributed by atoms with van der Waals surface area (Å²) in [5.74, 6) is -0.496. The number of rotatable bonds is 6. The number of anilines is 1. The second kappa shape index (κ2) is 8.24. The standard InChI is InChI=1S/C23H23N5O2/c1-15-19(18-10-6-7-11-20(18)25-15)12-22(29)24-13-23(30)26-21-14-28(27-16(21)2)17-8-4-3-5-9-17/h3-11,14,25H,12-13H2,1-2H3,(H,24,29)(H,26,30). The SMILES string of the molecule is Cc1nn(-c2ccccc2)cc1NC(=O)CNC(=O)Cc1c(C)[nH]c2ccccc12. The van der Waals surface area contributed by atoms with Crippen molar-refractivity contribution in [3.8, 4) is 5.69 Å². The second-order valence-electron chi connectivity index (χ2n) is 7.18. The van der Waals surface area contributed by atoms with Gasteiger partial charge in [-0.25, -0.2) is 4.68 Å². The lowest BCUT2D eigenvalue weighted by Crippen LogP contribution is -2.33. The summed E-state index contributed by atoms with van der Waals surface area (Å²) in [4.78, 5) is 28.0. The Balaban J connectivity index is 1.35. The average molecular weight is 401 g/mol. The molecule has 0 radical (unpaired) electrons. The van der Waals surface area contributed by atoms with Crippen molar-refractivity contribution in [2.75, 3.05) is 11.9 Å². The molecule has 0 aliphatic heterocycles. The summed E-state index contributed by atoms with van der Waals surface area (Å²) < 4.78 is 1.71. The van der Waals surface area contributed by atoms with Crippen LogP contribution in [-0.2, 0) is 16.0 Å². The Kier molecular flexibility index (Phi) is 5.34. The number of hydrogen-bond donors (Lipinski definition) is 3. The third kappa shape index (κ3) is 4.10. The van der Waals surface area contributed by atoms with Crippen molar-refractivity contribution < 1.29 is 9.59 Å². The monoisotopic (exact) mass is 401 g/mol. The van der Waals surface area contributed by atoms with E-state index in [1.807, 2.05) is 68.4 Å². The van der Waals surface area contributed by atoms with Crippen molar-refractivity contribution in [3.05, 3.63) is 77.7 Å². The largest absolute Gasteiger partial charge is 0.358 e. The minimum absolute atomic E-state index is 0.101. The van der Waals surface area contributed by atoms with Gasteiger partial charge in [-0.2, -0.15) is 5.10 Å². The first-order valence-corrected chi connectivity index (χ1v) is 9.75. The highest BCUT2D eigenvalue weighted by molar-refractivity contribution is 5.96. The van der Waals surface area contributed by atoms with Crippen LogP contribution < -0.4 is 10.6 Å². The molecule has 4 rings (SSSR count). The molecule has 0 aliphatic rings. The molecule has 0 atom stereocenters. The van der Waals surface area contributed by atoms with Gasteiger partial charge in [-0.3, -0.25) is 9.59 Å². The zero-order valence-electron chi connectivity index (χ0n) is 16.9. The molecule has 0 unspecified atom stereocenters. The number of benzene rings is 2. The number of hydrogen-bond acceptors (Lipinski definition) is 3. The Bertz CT molecular complexity index is 1210. The highest BCUT2D eigenvalue weighted by Gasteiger charge is 2.14. The van der Waals surface area contributed by atoms with Crippen molar-refractivity contribution in [1.29, 1.82) is 0 Å². The maximum atomic E-state index is 12.4. The molecule has 0 spiro atoms. The third-order valence-corrected chi connectivity index (χ3v) is 5.00. The molecule has 7 nitrogen and oxygen atoms in total. The van der Waals surface area contributed by atoms with Crippen LogP contribution in [0.25, 0.3) is 16.6 Å². The van der Waals surface area contributed by atoms with Gasteiger partial charge in [0.15, 0.2) is 0 Å². The van der Waals surface area contributed by atoms with Crippen LogP contribution in [0.15, 0.2) is 60.8 Å². The number of aryl methyl sites for hydroxylation is 2. The highest BCUT2D eigenvalue weighted by Crippen LogP contribution is 2.22. The molecule has 152 valence electrons. The van der Waals surface area contributed by atoms with Gasteiger partial charge in [0.25, 0.3) is 0 Å². The first-order valence-electron chi connectivity index (χ1n) is 9.75. The van der Waals surface area contributed by atoms with Gasteiger partial charge in [-0.05, 0) is 37.6 Å². The maximum absolute atomic E-state index is 12.4. The van der Waals surface area contributed by atoms with Crippen LogP contribution in [0.2, 0.25) is 0 Å². The van der Waals surface area contributed by atoms with Gasteiger partial charge in [-0.1, -0.05) is 36.4 Å². The zero-order valence-corrected chi connectivity index (χ0v) is 16.9. The minimum Gasteiger partial charge on any atom is -0.358 e. The summed E-state index contributed by atoms with van der Waals surface area (Å²) in [6.45, 7) is 3.67. The highest BCUT2D eigenvalue weighted by atomic mass is 16.2. The number of nitrogens with one attached hydrogen (secondary N) is 3. The molecule has 0 saturated carbocycles. The van der Waals surface area contributed by atoms with Crippen molar-refractivity contribution in [1.82, 2.24) is 20.1 Å². The van der Waals surface area contributed by atoms with E-state index in [0.717, 1.165) is 27.8 Å². The first-order chi connectivity index (χ1) is 14.5. The summed E-state index contributed by atoms with van der Waals surface area (Å²) in [6.07, 6.45) is 1.98. The lowest BCUT2D eigenvalue weighted by atomic mass is 10.1. The molecule has 2 aromatic heterocycles. The number of nitrogens with zero attached hydrogens (tertiary/aromatic N) is 2. The first kappa shape index (κ1) is 19.4. The van der Waals surface area contributed by atoms with Gasteiger partial charge in [0.1, 0.15) is 0 Å². The van der Waals surface area contributed by atoms with E-state index in [4.69, 9.17) is 0 Å². The van der Waals surface area contributed by atoms with E-state index in [0.29, 0.717) is 11.4 Å². The number of carbonyl (C=O) groups is 2. The molecule has 0 aliphatic carbocycles. The second-order valence-corrected chi connectivity index (χ2v) is 7.18. The van der Waals surface area contributed by atoms with Crippen molar-refractivity contribution in [3.63, 3.8) is 0 Å². The molecule has 4 aromatic rings. The zero-order chi connectivity index (χ0) is 21.1. The molecule has 2 amide bonds. The van der Waals surface area contributed by atoms with E-state index in [-0.39, 0.29) is 24.8 Å². The lowest BCUT2D eigenvalue weighted by molar-refractivity contribution is -0.123. The van der Waals surface area contributed by atoms with E-state index >= 15 is 0 Å². The summed E-state index contributed by atoms with van der Waals surface area (Å²) in [6, 6.07) is 17.5. The van der Waals surface area contributed by atoms with E-state index in [1.54, 1.807) is 10.9 Å². The van der Waals surface area contributed by atoms with Gasteiger partial charge in [0.2, 0.25) is 11.8 Å². The van der Waals surface area contributed by atoms with Crippen LogP contribution in [-0.4, -0.2) is 33.1 Å². The molecule has 0 saturated heterocycles. The predicted octanol–water partition coefficient (Wildman–Crippen LogP) is 3.27. The third-order valence-electron chi connectivity index (χ3n) is 5.00. The van der Waals surface area contributed by atoms with Crippen LogP contribution in [0.1, 0.15) is 17.0 Å². The van der Waals surface area contributed by atoms with Crippen LogP contribution in [0.4, 0.5) is 5.69 Å². The fourth-order valence-corrected chi connectivity index (χ4v) is 3.45. The fraction of sp³-hybridized carbons (Fsp3) is 0.174. The molecule has 0 fully saturated rings. The molecular formula is C23H23N5O2. The Labute approximate surface area is 174 Å². The van der Waals surface area contributed by atoms with Crippen molar-refractivity contribution >= 4 is 28.4 Å². The summed E-state index contributed by atoms with van der Waals surface area (Å²) in [5.41, 5.74) is 5.13. The number of H-pyrrole nitrogens is 1. The molecular weight excluding hydrogens is 378 g/mol. The smallest absolute Gasteiger partial charge is 0.243 e. The Morgan fingerprint density at radius 3 is 2.53 bits per heavy atom. The lowest BCUT2D eigenvalue weighted by Gasteiger charge is -2.06. The summed E-state index contributed by atoms with van der Waals surface area (Å²) >= 11 is 0. The number of fused-ring (bicyclic) bond motifs is 1.